The molecule has 1 N–H and O–H groups in total. The number of alkyl halides is 1. The first-order valence-corrected chi connectivity index (χ1v) is 8.04. The highest BCUT2D eigenvalue weighted by Crippen LogP contribution is 2.24. The Morgan fingerprint density at radius 2 is 1.84 bits per heavy atom. The van der Waals surface area contributed by atoms with Crippen LogP contribution in [0.25, 0.3) is 0 Å². The van der Waals surface area contributed by atoms with Crippen molar-refractivity contribution in [3.63, 3.8) is 0 Å². The second kappa shape index (κ2) is 7.09. The van der Waals surface area contributed by atoms with Crippen molar-refractivity contribution in [2.75, 3.05) is 0 Å². The highest BCUT2D eigenvalue weighted by Gasteiger charge is 2.20. The Labute approximate surface area is 124 Å². The first kappa shape index (κ1) is 14.6. The largest absolute Gasteiger partial charge is 0.353 e. The van der Waals surface area contributed by atoms with Gasteiger partial charge in [0.05, 0.1) is 0 Å². The van der Waals surface area contributed by atoms with Gasteiger partial charge >= 0.3 is 0 Å². The van der Waals surface area contributed by atoms with Crippen molar-refractivity contribution in [3.05, 3.63) is 35.4 Å². The lowest BCUT2D eigenvalue weighted by Gasteiger charge is -2.26. The number of hydrogen-bond acceptors (Lipinski definition) is 1. The molecule has 1 aromatic rings. The highest BCUT2D eigenvalue weighted by atomic mass is 79.9. The van der Waals surface area contributed by atoms with Crippen LogP contribution in [0.5, 0.6) is 0 Å². The van der Waals surface area contributed by atoms with E-state index in [2.05, 4.69) is 52.4 Å². The van der Waals surface area contributed by atoms with Crippen molar-refractivity contribution in [1.29, 1.82) is 0 Å². The lowest BCUT2D eigenvalue weighted by molar-refractivity contribution is -0.121. The van der Waals surface area contributed by atoms with Gasteiger partial charge in [0.2, 0.25) is 5.91 Å². The zero-order chi connectivity index (χ0) is 13.7. The van der Waals surface area contributed by atoms with E-state index < -0.39 is 0 Å². The van der Waals surface area contributed by atoms with Gasteiger partial charge in [-0.2, -0.15) is 0 Å². The zero-order valence-electron chi connectivity index (χ0n) is 11.5. The number of carbonyl (C=O) groups excluding carboxylic acids is 1. The van der Waals surface area contributed by atoms with Gasteiger partial charge in [-0.1, -0.05) is 45.8 Å². The van der Waals surface area contributed by atoms with Gasteiger partial charge in [0, 0.05) is 17.3 Å². The van der Waals surface area contributed by atoms with Crippen LogP contribution in [-0.4, -0.2) is 16.8 Å². The number of hydrogen-bond donors (Lipinski definition) is 1. The normalized spacial score (nSPS) is 23.1. The van der Waals surface area contributed by atoms with Gasteiger partial charge in [-0.15, -0.1) is 0 Å². The van der Waals surface area contributed by atoms with Crippen molar-refractivity contribution in [2.24, 2.45) is 0 Å². The fourth-order valence-electron chi connectivity index (χ4n) is 2.51. The van der Waals surface area contributed by atoms with Gasteiger partial charge in [0.15, 0.2) is 0 Å². The molecule has 2 rings (SSSR count). The minimum absolute atomic E-state index is 0.193. The third-order valence-electron chi connectivity index (χ3n) is 3.78. The molecule has 0 atom stereocenters. The summed E-state index contributed by atoms with van der Waals surface area (Å²) in [7, 11) is 0. The van der Waals surface area contributed by atoms with Crippen molar-refractivity contribution in [3.8, 4) is 0 Å². The number of amides is 1. The van der Waals surface area contributed by atoms with E-state index >= 15 is 0 Å². The Morgan fingerprint density at radius 1 is 1.21 bits per heavy atom. The highest BCUT2D eigenvalue weighted by molar-refractivity contribution is 9.09. The van der Waals surface area contributed by atoms with Crippen LogP contribution in [-0.2, 0) is 11.2 Å². The number of rotatable bonds is 4. The van der Waals surface area contributed by atoms with Crippen LogP contribution >= 0.6 is 15.9 Å². The third kappa shape index (κ3) is 4.98. The first-order chi connectivity index (χ1) is 9.13. The topological polar surface area (TPSA) is 29.1 Å². The molecule has 1 fully saturated rings. The van der Waals surface area contributed by atoms with Crippen LogP contribution in [0.15, 0.2) is 24.3 Å². The van der Waals surface area contributed by atoms with E-state index in [1.165, 1.54) is 24.0 Å². The number of nitrogens with one attached hydrogen (secondary N) is 1. The predicted octanol–water partition coefficient (Wildman–Crippen LogP) is 3.75. The fraction of sp³-hybridized carbons (Fsp3) is 0.562. The van der Waals surface area contributed by atoms with Gasteiger partial charge in [-0.05, 0) is 44.6 Å². The second-order valence-corrected chi connectivity index (χ2v) is 6.80. The van der Waals surface area contributed by atoms with Crippen LogP contribution in [0.2, 0.25) is 0 Å². The lowest BCUT2D eigenvalue weighted by atomic mass is 9.95. The zero-order valence-corrected chi connectivity index (χ0v) is 13.1. The quantitative estimate of drug-likeness (QED) is 0.840. The summed E-state index contributed by atoms with van der Waals surface area (Å²) in [6, 6.07) is 8.81. The predicted molar refractivity (Wildman–Crippen MR) is 82.6 cm³/mol. The van der Waals surface area contributed by atoms with E-state index in [1.54, 1.807) is 0 Å². The summed E-state index contributed by atoms with van der Waals surface area (Å²) in [6.45, 7) is 2.08. The molecule has 2 nitrogen and oxygen atoms in total. The third-order valence-corrected chi connectivity index (χ3v) is 4.70. The van der Waals surface area contributed by atoms with E-state index in [1.807, 2.05) is 0 Å². The Bertz CT molecular complexity index is 407. The fourth-order valence-corrected chi connectivity index (χ4v) is 3.04. The van der Waals surface area contributed by atoms with Crippen molar-refractivity contribution < 1.29 is 4.79 Å². The van der Waals surface area contributed by atoms with Gasteiger partial charge in [-0.3, -0.25) is 4.79 Å². The average Bonchev–Trinajstić information content (AvgIpc) is 2.41. The average molecular weight is 324 g/mol. The van der Waals surface area contributed by atoms with Crippen LogP contribution in [0, 0.1) is 6.92 Å². The molecular formula is C16H22BrNO. The molecule has 0 heterocycles. The SMILES string of the molecule is Cc1ccc(CCC(=O)NC2CCC(Br)CC2)cc1. The van der Waals surface area contributed by atoms with Crippen molar-refractivity contribution in [2.45, 2.75) is 56.3 Å². The molecular weight excluding hydrogens is 302 g/mol. The molecule has 0 bridgehead atoms. The minimum atomic E-state index is 0.193. The van der Waals surface area contributed by atoms with Gasteiger partial charge in [0.25, 0.3) is 0 Å². The van der Waals surface area contributed by atoms with Crippen LogP contribution in [0.3, 0.4) is 0 Å². The summed E-state index contributed by atoms with van der Waals surface area (Å²) >= 11 is 3.64. The monoisotopic (exact) mass is 323 g/mol. The molecule has 104 valence electrons. The van der Waals surface area contributed by atoms with Crippen molar-refractivity contribution in [1.82, 2.24) is 5.32 Å². The molecule has 1 aromatic carbocycles. The number of aryl methyl sites for hydroxylation is 2. The summed E-state index contributed by atoms with van der Waals surface area (Å²) in [5.74, 6) is 0.193. The summed E-state index contributed by atoms with van der Waals surface area (Å²) in [4.78, 5) is 12.6. The lowest BCUT2D eigenvalue weighted by Crippen LogP contribution is -2.37. The molecule has 0 aromatic heterocycles. The molecule has 3 heteroatoms. The molecule has 1 aliphatic rings. The maximum Gasteiger partial charge on any atom is 0.220 e. The summed E-state index contributed by atoms with van der Waals surface area (Å²) < 4.78 is 0. The van der Waals surface area contributed by atoms with Crippen LogP contribution in [0.4, 0.5) is 0 Å². The Balaban J connectivity index is 1.71. The molecule has 1 aliphatic carbocycles. The molecule has 0 unspecified atom stereocenters. The van der Waals surface area contributed by atoms with E-state index in [0.717, 1.165) is 19.3 Å². The van der Waals surface area contributed by atoms with E-state index in [9.17, 15) is 4.79 Å². The van der Waals surface area contributed by atoms with Gasteiger partial charge in [-0.25, -0.2) is 0 Å². The maximum atomic E-state index is 11.9. The molecule has 0 radical (unpaired) electrons. The summed E-state index contributed by atoms with van der Waals surface area (Å²) in [6.07, 6.45) is 5.97. The minimum Gasteiger partial charge on any atom is -0.353 e. The summed E-state index contributed by atoms with van der Waals surface area (Å²) in [5, 5.41) is 3.16. The van der Waals surface area contributed by atoms with Crippen molar-refractivity contribution >= 4 is 21.8 Å². The Kier molecular flexibility index (Phi) is 5.44. The van der Waals surface area contributed by atoms with Crippen LogP contribution < -0.4 is 5.32 Å². The number of benzene rings is 1. The number of carbonyl (C=O) groups is 1. The second-order valence-electron chi connectivity index (χ2n) is 5.50. The van der Waals surface area contributed by atoms with Gasteiger partial charge < -0.3 is 5.32 Å². The van der Waals surface area contributed by atoms with Gasteiger partial charge in [0.1, 0.15) is 0 Å². The summed E-state index contributed by atoms with van der Waals surface area (Å²) in [5.41, 5.74) is 2.50. The maximum absolute atomic E-state index is 11.9. The molecule has 1 saturated carbocycles. The molecule has 1 amide bonds. The Morgan fingerprint density at radius 3 is 2.47 bits per heavy atom. The standard InChI is InChI=1S/C16H22BrNO/c1-12-2-4-13(5-3-12)6-11-16(19)18-15-9-7-14(17)8-10-15/h2-5,14-15H,6-11H2,1H3,(H,18,19). The number of halogens is 1. The van der Waals surface area contributed by atoms with E-state index in [-0.39, 0.29) is 5.91 Å². The smallest absolute Gasteiger partial charge is 0.220 e. The molecule has 19 heavy (non-hydrogen) atoms. The molecule has 0 saturated heterocycles. The Hall–Kier alpha value is -0.830. The van der Waals surface area contributed by atoms with E-state index in [4.69, 9.17) is 0 Å². The van der Waals surface area contributed by atoms with Crippen LogP contribution in [0.1, 0.15) is 43.2 Å². The molecule has 0 aliphatic heterocycles. The molecule has 0 spiro atoms. The van der Waals surface area contributed by atoms with E-state index in [0.29, 0.717) is 17.3 Å². The first-order valence-electron chi connectivity index (χ1n) is 7.12.